The normalized spacial score (nSPS) is 10.2. The fourth-order valence-electron chi connectivity index (χ4n) is 3.15. The quantitative estimate of drug-likeness (QED) is 0.389. The fourth-order valence-corrected chi connectivity index (χ4v) is 3.15. The van der Waals surface area contributed by atoms with Gasteiger partial charge in [-0.1, -0.05) is 90.1 Å². The van der Waals surface area contributed by atoms with Crippen molar-refractivity contribution in [1.29, 1.82) is 0 Å². The summed E-state index contributed by atoms with van der Waals surface area (Å²) in [6, 6.07) is 31.1. The molecule has 1 aromatic heterocycles. The van der Waals surface area contributed by atoms with Gasteiger partial charge in [0.15, 0.2) is 0 Å². The SMILES string of the molecule is C[CH-]c1c(-c2ccccc2)c(-c2ccccc2)nn1-c1ccccc1.[Y]. The monoisotopic (exact) mass is 412 g/mol. The van der Waals surface area contributed by atoms with Crippen LogP contribution in [0, 0.1) is 6.42 Å². The maximum Gasteiger partial charge on any atom is 0.0616 e. The van der Waals surface area contributed by atoms with Crippen LogP contribution in [0.5, 0.6) is 0 Å². The summed E-state index contributed by atoms with van der Waals surface area (Å²) in [6.07, 6.45) is 2.13. The van der Waals surface area contributed by atoms with Gasteiger partial charge >= 0.3 is 0 Å². The third-order valence-electron chi connectivity index (χ3n) is 4.31. The summed E-state index contributed by atoms with van der Waals surface area (Å²) < 4.78 is 2.03. The summed E-state index contributed by atoms with van der Waals surface area (Å²) >= 11 is 0. The van der Waals surface area contributed by atoms with Crippen LogP contribution >= 0.6 is 0 Å². The topological polar surface area (TPSA) is 17.8 Å². The number of hydrogen-bond acceptors (Lipinski definition) is 1. The Bertz CT molecular complexity index is 961. The minimum atomic E-state index is 0. The Morgan fingerprint density at radius 1 is 0.692 bits per heavy atom. The molecule has 0 amide bonds. The summed E-state index contributed by atoms with van der Waals surface area (Å²) in [5.74, 6) is 0. The molecular weight excluding hydrogens is 393 g/mol. The van der Waals surface area contributed by atoms with Crippen molar-refractivity contribution in [3.63, 3.8) is 0 Å². The van der Waals surface area contributed by atoms with Crippen LogP contribution in [-0.4, -0.2) is 9.78 Å². The van der Waals surface area contributed by atoms with Gasteiger partial charge in [0.1, 0.15) is 0 Å². The average molecular weight is 412 g/mol. The fraction of sp³-hybridized carbons (Fsp3) is 0.0435. The van der Waals surface area contributed by atoms with Crippen molar-refractivity contribution in [2.75, 3.05) is 0 Å². The molecule has 1 heterocycles. The zero-order valence-electron chi connectivity index (χ0n) is 14.7. The minimum absolute atomic E-state index is 0. The van der Waals surface area contributed by atoms with E-state index in [1.807, 2.05) is 35.0 Å². The number of nitrogens with zero attached hydrogens (tertiary/aromatic N) is 2. The predicted octanol–water partition coefficient (Wildman–Crippen LogP) is 5.78. The first-order chi connectivity index (χ1) is 12.4. The van der Waals surface area contributed by atoms with E-state index in [0.717, 1.165) is 28.2 Å². The van der Waals surface area contributed by atoms with Gasteiger partial charge in [0, 0.05) is 38.4 Å². The van der Waals surface area contributed by atoms with E-state index < -0.39 is 0 Å². The Hall–Kier alpha value is -2.16. The summed E-state index contributed by atoms with van der Waals surface area (Å²) in [6.45, 7) is 2.07. The van der Waals surface area contributed by atoms with E-state index in [4.69, 9.17) is 5.10 Å². The molecule has 3 heteroatoms. The van der Waals surface area contributed by atoms with Crippen LogP contribution in [0.4, 0.5) is 0 Å². The first kappa shape index (κ1) is 18.6. The van der Waals surface area contributed by atoms with Crippen LogP contribution in [0.3, 0.4) is 0 Å². The molecule has 0 saturated carbocycles. The molecule has 125 valence electrons. The second-order valence-electron chi connectivity index (χ2n) is 5.88. The van der Waals surface area contributed by atoms with E-state index in [2.05, 4.69) is 74.0 Å². The molecule has 2 nitrogen and oxygen atoms in total. The van der Waals surface area contributed by atoms with Crippen molar-refractivity contribution in [3.8, 4) is 28.1 Å². The van der Waals surface area contributed by atoms with Gasteiger partial charge < -0.3 is 0 Å². The number of para-hydroxylation sites is 1. The number of benzene rings is 3. The van der Waals surface area contributed by atoms with Crippen LogP contribution < -0.4 is 0 Å². The van der Waals surface area contributed by atoms with Crippen LogP contribution in [0.2, 0.25) is 0 Å². The third-order valence-corrected chi connectivity index (χ3v) is 4.31. The number of aromatic nitrogens is 2. The maximum atomic E-state index is 4.98. The Kier molecular flexibility index (Phi) is 6.08. The molecule has 0 atom stereocenters. The van der Waals surface area contributed by atoms with Crippen molar-refractivity contribution in [2.24, 2.45) is 0 Å². The van der Waals surface area contributed by atoms with E-state index in [1.165, 1.54) is 5.56 Å². The second kappa shape index (κ2) is 8.48. The summed E-state index contributed by atoms with van der Waals surface area (Å²) in [7, 11) is 0. The molecule has 4 aromatic rings. The van der Waals surface area contributed by atoms with Crippen LogP contribution in [0.15, 0.2) is 91.0 Å². The number of hydrogen-bond donors (Lipinski definition) is 0. The van der Waals surface area contributed by atoms with Crippen molar-refractivity contribution >= 4 is 0 Å². The van der Waals surface area contributed by atoms with Gasteiger partial charge in [-0.15, -0.1) is 12.5 Å². The van der Waals surface area contributed by atoms with Crippen LogP contribution in [0.25, 0.3) is 28.1 Å². The molecule has 0 fully saturated rings. The Morgan fingerprint density at radius 3 is 1.73 bits per heavy atom. The van der Waals surface area contributed by atoms with Gasteiger partial charge in [0.2, 0.25) is 0 Å². The second-order valence-corrected chi connectivity index (χ2v) is 5.88. The Balaban J connectivity index is 0.00000196. The van der Waals surface area contributed by atoms with Crippen LogP contribution in [0.1, 0.15) is 12.6 Å². The van der Waals surface area contributed by atoms with E-state index in [1.54, 1.807) is 0 Å². The Labute approximate surface area is 179 Å². The van der Waals surface area contributed by atoms with E-state index in [0.29, 0.717) is 0 Å². The standard InChI is InChI=1S/C23H19N2.Y/c1-2-21-22(18-12-6-3-7-13-18)23(19-14-8-4-9-15-19)24-25(21)20-16-10-5-11-17-20;/h2-17H,1H3;/q-1;. The molecule has 0 bridgehead atoms. The van der Waals surface area contributed by atoms with Gasteiger partial charge in [-0.25, -0.2) is 6.42 Å². The third kappa shape index (κ3) is 3.53. The molecule has 0 saturated heterocycles. The maximum absolute atomic E-state index is 4.98. The molecule has 0 N–H and O–H groups in total. The molecule has 0 aliphatic carbocycles. The van der Waals surface area contributed by atoms with Gasteiger partial charge in [0.25, 0.3) is 0 Å². The van der Waals surface area contributed by atoms with Crippen molar-refractivity contribution in [1.82, 2.24) is 9.78 Å². The first-order valence-electron chi connectivity index (χ1n) is 8.47. The van der Waals surface area contributed by atoms with Crippen molar-refractivity contribution in [2.45, 2.75) is 6.92 Å². The minimum Gasteiger partial charge on any atom is -0.270 e. The van der Waals surface area contributed by atoms with Gasteiger partial charge in [-0.05, 0) is 17.7 Å². The summed E-state index contributed by atoms with van der Waals surface area (Å²) in [5, 5.41) is 4.98. The average Bonchev–Trinajstić information content (AvgIpc) is 3.09. The molecule has 0 aliphatic rings. The largest absolute Gasteiger partial charge is 0.270 e. The van der Waals surface area contributed by atoms with E-state index in [9.17, 15) is 0 Å². The molecule has 0 aliphatic heterocycles. The zero-order valence-corrected chi connectivity index (χ0v) is 17.5. The molecule has 0 spiro atoms. The molecular formula is C23H19N2Y-. The Morgan fingerprint density at radius 2 is 1.19 bits per heavy atom. The first-order valence-corrected chi connectivity index (χ1v) is 8.47. The van der Waals surface area contributed by atoms with Gasteiger partial charge in [-0.3, -0.25) is 4.68 Å². The van der Waals surface area contributed by atoms with Crippen molar-refractivity contribution in [3.05, 3.63) is 103 Å². The molecule has 4 rings (SSSR count). The molecule has 26 heavy (non-hydrogen) atoms. The molecule has 3 aromatic carbocycles. The molecule has 0 unspecified atom stereocenters. The van der Waals surface area contributed by atoms with E-state index >= 15 is 0 Å². The summed E-state index contributed by atoms with van der Waals surface area (Å²) in [5.41, 5.74) is 6.64. The smallest absolute Gasteiger partial charge is 0.0616 e. The van der Waals surface area contributed by atoms with E-state index in [-0.39, 0.29) is 32.7 Å². The van der Waals surface area contributed by atoms with Gasteiger partial charge in [0.05, 0.1) is 5.69 Å². The van der Waals surface area contributed by atoms with Crippen LogP contribution in [-0.2, 0) is 32.7 Å². The van der Waals surface area contributed by atoms with Crippen molar-refractivity contribution < 1.29 is 32.7 Å². The summed E-state index contributed by atoms with van der Waals surface area (Å²) in [4.78, 5) is 0. The molecule has 1 radical (unpaired) electrons. The van der Waals surface area contributed by atoms with Gasteiger partial charge in [-0.2, -0.15) is 5.10 Å². The zero-order chi connectivity index (χ0) is 17.1. The number of rotatable bonds is 4. The predicted molar refractivity (Wildman–Crippen MR) is 104 cm³/mol.